The van der Waals surface area contributed by atoms with Gasteiger partial charge in [-0.3, -0.25) is 4.79 Å². The molecule has 0 aliphatic heterocycles. The molecule has 0 atom stereocenters. The Labute approximate surface area is 123 Å². The molecule has 4 heteroatoms. The van der Waals surface area contributed by atoms with E-state index in [-0.39, 0.29) is 11.7 Å². The van der Waals surface area contributed by atoms with Crippen LogP contribution < -0.4 is 4.90 Å². The Bertz CT molecular complexity index is 787. The second-order valence-corrected chi connectivity index (χ2v) is 4.88. The summed E-state index contributed by atoms with van der Waals surface area (Å²) in [6, 6.07) is 15.6. The minimum Gasteiger partial charge on any atom is -0.351 e. The maximum absolute atomic E-state index is 12.6. The molecule has 1 heterocycles. The lowest BCUT2D eigenvalue weighted by Crippen LogP contribution is -2.30. The fraction of sp³-hybridized carbons (Fsp3) is 0.176. The van der Waals surface area contributed by atoms with E-state index in [2.05, 4.69) is 5.16 Å². The Morgan fingerprint density at radius 1 is 1.19 bits per heavy atom. The number of aromatic nitrogens is 1. The number of benzene rings is 2. The minimum atomic E-state index is -0.172. The van der Waals surface area contributed by atoms with Crippen molar-refractivity contribution in [2.75, 3.05) is 11.4 Å². The van der Waals surface area contributed by atoms with E-state index in [1.807, 2.05) is 49.4 Å². The highest BCUT2D eigenvalue weighted by Gasteiger charge is 2.21. The monoisotopic (exact) mass is 280 g/mol. The van der Waals surface area contributed by atoms with Crippen LogP contribution in [0.3, 0.4) is 0 Å². The van der Waals surface area contributed by atoms with Crippen molar-refractivity contribution < 1.29 is 9.32 Å². The van der Waals surface area contributed by atoms with Crippen LogP contribution in [-0.2, 0) is 0 Å². The fourth-order valence-corrected chi connectivity index (χ4v) is 2.46. The minimum absolute atomic E-state index is 0.172. The van der Waals surface area contributed by atoms with Crippen LogP contribution in [-0.4, -0.2) is 17.6 Å². The molecule has 4 nitrogen and oxygen atoms in total. The van der Waals surface area contributed by atoms with Gasteiger partial charge in [0.2, 0.25) is 5.76 Å². The highest BCUT2D eigenvalue weighted by molar-refractivity contribution is 6.09. The third-order valence-corrected chi connectivity index (χ3v) is 3.46. The van der Waals surface area contributed by atoms with E-state index < -0.39 is 0 Å². The SMILES string of the molecule is CCN(C(=O)c1cc(C)no1)c1cccc2ccccc12. The molecule has 0 spiro atoms. The van der Waals surface area contributed by atoms with Crippen LogP contribution in [0.4, 0.5) is 5.69 Å². The zero-order valence-electron chi connectivity index (χ0n) is 12.0. The molecule has 0 saturated heterocycles. The second kappa shape index (κ2) is 5.40. The Morgan fingerprint density at radius 2 is 1.95 bits per heavy atom. The zero-order valence-corrected chi connectivity index (χ0v) is 12.0. The molecular formula is C17H16N2O2. The first-order valence-corrected chi connectivity index (χ1v) is 6.93. The first-order chi connectivity index (χ1) is 10.2. The topological polar surface area (TPSA) is 46.3 Å². The number of carbonyl (C=O) groups excluding carboxylic acids is 1. The molecule has 3 aromatic rings. The maximum Gasteiger partial charge on any atom is 0.296 e. The van der Waals surface area contributed by atoms with Crippen LogP contribution in [0.5, 0.6) is 0 Å². The van der Waals surface area contributed by atoms with Crippen molar-refractivity contribution in [3.63, 3.8) is 0 Å². The molecule has 0 aliphatic rings. The standard InChI is InChI=1S/C17H16N2O2/c1-3-19(17(20)16-11-12(2)18-21-16)15-10-6-8-13-7-4-5-9-14(13)15/h4-11H,3H2,1-2H3. The van der Waals surface area contributed by atoms with E-state index in [9.17, 15) is 4.79 Å². The molecule has 0 fully saturated rings. The van der Waals surface area contributed by atoms with Gasteiger partial charge in [-0.2, -0.15) is 0 Å². The second-order valence-electron chi connectivity index (χ2n) is 4.88. The van der Waals surface area contributed by atoms with Gasteiger partial charge in [0, 0.05) is 18.0 Å². The van der Waals surface area contributed by atoms with Gasteiger partial charge < -0.3 is 9.42 Å². The molecule has 0 aliphatic carbocycles. The lowest BCUT2D eigenvalue weighted by Gasteiger charge is -2.21. The van der Waals surface area contributed by atoms with Gasteiger partial charge in [-0.05, 0) is 25.3 Å². The summed E-state index contributed by atoms with van der Waals surface area (Å²) < 4.78 is 5.10. The van der Waals surface area contributed by atoms with E-state index in [0.717, 1.165) is 16.5 Å². The molecule has 106 valence electrons. The number of anilines is 1. The number of hydrogen-bond donors (Lipinski definition) is 0. The molecule has 1 aromatic heterocycles. The molecule has 3 rings (SSSR count). The number of fused-ring (bicyclic) bond motifs is 1. The van der Waals surface area contributed by atoms with Crippen molar-refractivity contribution in [3.8, 4) is 0 Å². The summed E-state index contributed by atoms with van der Waals surface area (Å²) in [5, 5.41) is 5.94. The van der Waals surface area contributed by atoms with Gasteiger partial charge in [0.25, 0.3) is 5.91 Å². The molecule has 0 bridgehead atoms. The highest BCUT2D eigenvalue weighted by atomic mass is 16.5. The number of amides is 1. The van der Waals surface area contributed by atoms with Gasteiger partial charge in [-0.1, -0.05) is 41.6 Å². The van der Waals surface area contributed by atoms with Crippen LogP contribution in [0.15, 0.2) is 53.1 Å². The third-order valence-electron chi connectivity index (χ3n) is 3.46. The van der Waals surface area contributed by atoms with E-state index >= 15 is 0 Å². The van der Waals surface area contributed by atoms with Crippen molar-refractivity contribution in [1.29, 1.82) is 0 Å². The number of hydrogen-bond acceptors (Lipinski definition) is 3. The average Bonchev–Trinajstić information content (AvgIpc) is 2.95. The maximum atomic E-state index is 12.6. The van der Waals surface area contributed by atoms with Gasteiger partial charge in [0.15, 0.2) is 0 Å². The smallest absolute Gasteiger partial charge is 0.296 e. The van der Waals surface area contributed by atoms with Crippen LogP contribution in [0.1, 0.15) is 23.2 Å². The molecule has 2 aromatic carbocycles. The Hall–Kier alpha value is -2.62. The molecule has 0 saturated carbocycles. The normalized spacial score (nSPS) is 10.8. The quantitative estimate of drug-likeness (QED) is 0.733. The largest absolute Gasteiger partial charge is 0.351 e. The Kier molecular flexibility index (Phi) is 3.44. The van der Waals surface area contributed by atoms with Crippen LogP contribution in [0.25, 0.3) is 10.8 Å². The van der Waals surface area contributed by atoms with Crippen LogP contribution >= 0.6 is 0 Å². The van der Waals surface area contributed by atoms with Gasteiger partial charge >= 0.3 is 0 Å². The number of carbonyl (C=O) groups is 1. The fourth-order valence-electron chi connectivity index (χ4n) is 2.46. The van der Waals surface area contributed by atoms with E-state index in [1.54, 1.807) is 17.9 Å². The predicted octanol–water partition coefficient (Wildman–Crippen LogP) is 3.80. The van der Waals surface area contributed by atoms with Gasteiger partial charge in [-0.25, -0.2) is 0 Å². The van der Waals surface area contributed by atoms with Crippen LogP contribution in [0.2, 0.25) is 0 Å². The summed E-state index contributed by atoms with van der Waals surface area (Å²) in [4.78, 5) is 14.3. The molecule has 0 N–H and O–H groups in total. The summed E-state index contributed by atoms with van der Waals surface area (Å²) in [6.45, 7) is 4.31. The van der Waals surface area contributed by atoms with E-state index in [4.69, 9.17) is 4.52 Å². The van der Waals surface area contributed by atoms with Crippen molar-refractivity contribution in [1.82, 2.24) is 5.16 Å². The first kappa shape index (κ1) is 13.4. The van der Waals surface area contributed by atoms with Crippen molar-refractivity contribution >= 4 is 22.4 Å². The number of aryl methyl sites for hydroxylation is 1. The van der Waals surface area contributed by atoms with Crippen molar-refractivity contribution in [2.24, 2.45) is 0 Å². The summed E-state index contributed by atoms with van der Waals surface area (Å²) in [5.41, 5.74) is 1.59. The molecule has 0 unspecified atom stereocenters. The third kappa shape index (κ3) is 2.40. The predicted molar refractivity (Wildman–Crippen MR) is 82.5 cm³/mol. The lowest BCUT2D eigenvalue weighted by atomic mass is 10.1. The summed E-state index contributed by atoms with van der Waals surface area (Å²) in [5.74, 6) is 0.0942. The zero-order chi connectivity index (χ0) is 14.8. The van der Waals surface area contributed by atoms with Gasteiger partial charge in [-0.15, -0.1) is 0 Å². The van der Waals surface area contributed by atoms with Crippen molar-refractivity contribution in [2.45, 2.75) is 13.8 Å². The number of rotatable bonds is 3. The van der Waals surface area contributed by atoms with Crippen molar-refractivity contribution in [3.05, 3.63) is 60.0 Å². The molecular weight excluding hydrogens is 264 g/mol. The van der Waals surface area contributed by atoms with Gasteiger partial charge in [0.05, 0.1) is 11.4 Å². The Balaban J connectivity index is 2.08. The molecule has 21 heavy (non-hydrogen) atoms. The van der Waals surface area contributed by atoms with E-state index in [0.29, 0.717) is 12.2 Å². The number of nitrogens with zero attached hydrogens (tertiary/aromatic N) is 2. The van der Waals surface area contributed by atoms with Crippen LogP contribution in [0, 0.1) is 6.92 Å². The Morgan fingerprint density at radius 3 is 2.67 bits per heavy atom. The summed E-state index contributed by atoms with van der Waals surface area (Å²) in [7, 11) is 0. The molecule has 1 amide bonds. The summed E-state index contributed by atoms with van der Waals surface area (Å²) in [6.07, 6.45) is 0. The first-order valence-electron chi connectivity index (χ1n) is 6.93. The lowest BCUT2D eigenvalue weighted by molar-refractivity contribution is 0.0953. The molecule has 0 radical (unpaired) electrons. The highest BCUT2D eigenvalue weighted by Crippen LogP contribution is 2.27. The summed E-state index contributed by atoms with van der Waals surface area (Å²) >= 11 is 0. The van der Waals surface area contributed by atoms with E-state index in [1.165, 1.54) is 0 Å². The average molecular weight is 280 g/mol. The van der Waals surface area contributed by atoms with Gasteiger partial charge in [0.1, 0.15) is 0 Å².